The second-order valence-corrected chi connectivity index (χ2v) is 6.13. The summed E-state index contributed by atoms with van der Waals surface area (Å²) in [5.74, 6) is 1.57. The Morgan fingerprint density at radius 1 is 1.12 bits per heavy atom. The largest absolute Gasteiger partial charge is 0.374 e. The predicted molar refractivity (Wildman–Crippen MR) is 71.0 cm³/mol. The van der Waals surface area contributed by atoms with Crippen LogP contribution in [0.5, 0.6) is 0 Å². The van der Waals surface area contributed by atoms with Crippen LogP contribution >= 0.6 is 0 Å². The molecule has 2 aliphatic carbocycles. The fraction of sp³-hybridized carbons (Fsp3) is 0.875. The van der Waals surface area contributed by atoms with Crippen LogP contribution in [0.15, 0.2) is 11.6 Å². The van der Waals surface area contributed by atoms with Gasteiger partial charge in [0, 0.05) is 11.8 Å². The van der Waals surface area contributed by atoms with Crippen LogP contribution in [-0.4, -0.2) is 12.2 Å². The summed E-state index contributed by atoms with van der Waals surface area (Å²) in [4.78, 5) is 0. The summed E-state index contributed by atoms with van der Waals surface area (Å²) in [5.41, 5.74) is 1.81. The molecule has 4 atom stereocenters. The molecule has 1 heterocycles. The van der Waals surface area contributed by atoms with Gasteiger partial charge in [0.15, 0.2) is 0 Å². The molecule has 0 radical (unpaired) electrons. The van der Waals surface area contributed by atoms with Crippen molar-refractivity contribution < 1.29 is 4.74 Å². The Balaban J connectivity index is 1.83. The summed E-state index contributed by atoms with van der Waals surface area (Å²) in [6.07, 6.45) is 15.9. The SMILES string of the molecule is CCC[C@@H]1O[C@@H]2CCCC[C@@H]2C2=CCCC[C@@H]21. The minimum atomic E-state index is 0.547. The molecule has 2 fully saturated rings. The van der Waals surface area contributed by atoms with E-state index in [2.05, 4.69) is 13.0 Å². The molecule has 17 heavy (non-hydrogen) atoms. The highest BCUT2D eigenvalue weighted by Crippen LogP contribution is 2.46. The third kappa shape index (κ3) is 2.19. The molecule has 1 saturated heterocycles. The summed E-state index contributed by atoms with van der Waals surface area (Å²) in [6, 6.07) is 0. The number of fused-ring (bicyclic) bond motifs is 3. The maximum Gasteiger partial charge on any atom is 0.0644 e. The average Bonchev–Trinajstić information content (AvgIpc) is 2.39. The Morgan fingerprint density at radius 3 is 2.82 bits per heavy atom. The summed E-state index contributed by atoms with van der Waals surface area (Å²) >= 11 is 0. The smallest absolute Gasteiger partial charge is 0.0644 e. The monoisotopic (exact) mass is 234 g/mol. The maximum absolute atomic E-state index is 6.46. The quantitative estimate of drug-likeness (QED) is 0.640. The van der Waals surface area contributed by atoms with Gasteiger partial charge in [0.05, 0.1) is 12.2 Å². The van der Waals surface area contributed by atoms with E-state index in [0.717, 1.165) is 11.8 Å². The normalized spacial score (nSPS) is 41.4. The van der Waals surface area contributed by atoms with E-state index in [1.807, 2.05) is 5.57 Å². The number of hydrogen-bond donors (Lipinski definition) is 0. The first-order valence-electron chi connectivity index (χ1n) is 7.75. The van der Waals surface area contributed by atoms with Gasteiger partial charge in [-0.25, -0.2) is 0 Å². The molecule has 3 rings (SSSR count). The topological polar surface area (TPSA) is 9.23 Å². The molecule has 0 bridgehead atoms. The van der Waals surface area contributed by atoms with Crippen LogP contribution < -0.4 is 0 Å². The van der Waals surface area contributed by atoms with Gasteiger partial charge in [0.1, 0.15) is 0 Å². The van der Waals surface area contributed by atoms with E-state index in [4.69, 9.17) is 4.74 Å². The highest BCUT2D eigenvalue weighted by atomic mass is 16.5. The Bertz CT molecular complexity index is 294. The molecule has 96 valence electrons. The van der Waals surface area contributed by atoms with Gasteiger partial charge in [-0.05, 0) is 38.5 Å². The molecule has 0 N–H and O–H groups in total. The van der Waals surface area contributed by atoms with Crippen molar-refractivity contribution in [1.82, 2.24) is 0 Å². The summed E-state index contributed by atoms with van der Waals surface area (Å²) in [6.45, 7) is 2.29. The van der Waals surface area contributed by atoms with Crippen LogP contribution in [0.2, 0.25) is 0 Å². The third-order valence-electron chi connectivity index (χ3n) is 5.03. The summed E-state index contributed by atoms with van der Waals surface area (Å²) in [5, 5.41) is 0. The van der Waals surface area contributed by atoms with E-state index in [1.165, 1.54) is 57.8 Å². The first-order chi connectivity index (χ1) is 8.40. The van der Waals surface area contributed by atoms with Crippen molar-refractivity contribution in [2.24, 2.45) is 11.8 Å². The van der Waals surface area contributed by atoms with Crippen LogP contribution in [0.25, 0.3) is 0 Å². The highest BCUT2D eigenvalue weighted by Gasteiger charge is 2.42. The third-order valence-corrected chi connectivity index (χ3v) is 5.03. The Hall–Kier alpha value is -0.300. The van der Waals surface area contributed by atoms with Crippen molar-refractivity contribution in [3.63, 3.8) is 0 Å². The molecule has 1 aliphatic heterocycles. The van der Waals surface area contributed by atoms with Crippen molar-refractivity contribution in [2.45, 2.75) is 76.9 Å². The second kappa shape index (κ2) is 5.14. The van der Waals surface area contributed by atoms with Gasteiger partial charge in [0.25, 0.3) is 0 Å². The molecular formula is C16H26O. The van der Waals surface area contributed by atoms with Gasteiger partial charge in [-0.2, -0.15) is 0 Å². The lowest BCUT2D eigenvalue weighted by Crippen LogP contribution is -2.45. The second-order valence-electron chi connectivity index (χ2n) is 6.13. The predicted octanol–water partition coefficient (Wildman–Crippen LogP) is 4.47. The lowest BCUT2D eigenvalue weighted by atomic mass is 9.68. The van der Waals surface area contributed by atoms with Crippen LogP contribution in [0.4, 0.5) is 0 Å². The zero-order valence-electron chi connectivity index (χ0n) is 11.2. The highest BCUT2D eigenvalue weighted by molar-refractivity contribution is 5.20. The molecule has 0 aromatic heterocycles. The van der Waals surface area contributed by atoms with Crippen molar-refractivity contribution in [2.75, 3.05) is 0 Å². The molecule has 0 amide bonds. The maximum atomic E-state index is 6.46. The molecule has 0 spiro atoms. The zero-order valence-corrected chi connectivity index (χ0v) is 11.2. The summed E-state index contributed by atoms with van der Waals surface area (Å²) < 4.78 is 6.46. The number of ether oxygens (including phenoxy) is 1. The van der Waals surface area contributed by atoms with Gasteiger partial charge >= 0.3 is 0 Å². The number of rotatable bonds is 2. The fourth-order valence-corrected chi connectivity index (χ4v) is 4.27. The van der Waals surface area contributed by atoms with Crippen molar-refractivity contribution in [3.8, 4) is 0 Å². The molecule has 0 aromatic rings. The molecule has 1 heteroatoms. The fourth-order valence-electron chi connectivity index (χ4n) is 4.27. The lowest BCUT2D eigenvalue weighted by Gasteiger charge is -2.47. The van der Waals surface area contributed by atoms with Crippen molar-refractivity contribution in [3.05, 3.63) is 11.6 Å². The molecule has 0 unspecified atom stereocenters. The van der Waals surface area contributed by atoms with Gasteiger partial charge in [-0.15, -0.1) is 0 Å². The van der Waals surface area contributed by atoms with Gasteiger partial charge in [0.2, 0.25) is 0 Å². The first kappa shape index (κ1) is 11.8. The minimum Gasteiger partial charge on any atom is -0.374 e. The van der Waals surface area contributed by atoms with E-state index in [0.29, 0.717) is 12.2 Å². The van der Waals surface area contributed by atoms with E-state index in [1.54, 1.807) is 0 Å². The van der Waals surface area contributed by atoms with Gasteiger partial charge in [-0.1, -0.05) is 37.8 Å². The summed E-state index contributed by atoms with van der Waals surface area (Å²) in [7, 11) is 0. The van der Waals surface area contributed by atoms with Crippen molar-refractivity contribution >= 4 is 0 Å². The van der Waals surface area contributed by atoms with Gasteiger partial charge in [-0.3, -0.25) is 0 Å². The first-order valence-corrected chi connectivity index (χ1v) is 7.75. The zero-order chi connectivity index (χ0) is 11.7. The molecule has 3 aliphatic rings. The standard InChI is InChI=1S/C16H26O/c1-2-7-15-13-9-4-3-8-12(13)14-10-5-6-11-16(14)17-15/h8,13-16H,2-7,9-11H2,1H3/t13-,14+,15-,16+/m0/s1. The van der Waals surface area contributed by atoms with Crippen LogP contribution in [0.1, 0.15) is 64.7 Å². The van der Waals surface area contributed by atoms with E-state index in [9.17, 15) is 0 Å². The van der Waals surface area contributed by atoms with Gasteiger partial charge < -0.3 is 4.74 Å². The molecule has 1 saturated carbocycles. The number of allylic oxidation sites excluding steroid dienone is 1. The lowest BCUT2D eigenvalue weighted by molar-refractivity contribution is -0.106. The minimum absolute atomic E-state index is 0.547. The molecule has 0 aromatic carbocycles. The molecule has 1 nitrogen and oxygen atoms in total. The van der Waals surface area contributed by atoms with Crippen LogP contribution in [0.3, 0.4) is 0 Å². The Labute approximate surface area is 106 Å². The average molecular weight is 234 g/mol. The van der Waals surface area contributed by atoms with E-state index >= 15 is 0 Å². The number of hydrogen-bond acceptors (Lipinski definition) is 1. The van der Waals surface area contributed by atoms with E-state index < -0.39 is 0 Å². The molecular weight excluding hydrogens is 208 g/mol. The Kier molecular flexibility index (Phi) is 3.56. The van der Waals surface area contributed by atoms with Crippen LogP contribution in [-0.2, 0) is 4.74 Å². The van der Waals surface area contributed by atoms with E-state index in [-0.39, 0.29) is 0 Å². The van der Waals surface area contributed by atoms with Crippen molar-refractivity contribution in [1.29, 1.82) is 0 Å². The Morgan fingerprint density at radius 2 is 1.94 bits per heavy atom. The van der Waals surface area contributed by atoms with Crippen LogP contribution in [0, 0.1) is 11.8 Å².